The molecule has 0 aromatic carbocycles. The highest BCUT2D eigenvalue weighted by molar-refractivity contribution is 5.22. The van der Waals surface area contributed by atoms with Crippen molar-refractivity contribution in [2.24, 2.45) is 5.41 Å². The summed E-state index contributed by atoms with van der Waals surface area (Å²) < 4.78 is 0. The Balaban J connectivity index is 2.58. The molecule has 0 aliphatic heterocycles. The Morgan fingerprint density at radius 1 is 1.60 bits per heavy atom. The standard InChI is InChI=1S/C10H16/c1-4-9(5-2)8-10(3)6-7-10/h4,8H,1,5-7H2,2-3H3. The minimum Gasteiger partial charge on any atom is -0.0988 e. The van der Waals surface area contributed by atoms with E-state index in [0.29, 0.717) is 5.41 Å². The number of allylic oxidation sites excluding steroid dienone is 3. The van der Waals surface area contributed by atoms with Gasteiger partial charge in [0.1, 0.15) is 0 Å². The van der Waals surface area contributed by atoms with Gasteiger partial charge in [0.2, 0.25) is 0 Å². The summed E-state index contributed by atoms with van der Waals surface area (Å²) in [5.74, 6) is 0. The highest BCUT2D eigenvalue weighted by Crippen LogP contribution is 2.47. The molecule has 0 amide bonds. The lowest BCUT2D eigenvalue weighted by atomic mass is 10.0. The van der Waals surface area contributed by atoms with E-state index in [2.05, 4.69) is 26.5 Å². The average molecular weight is 136 g/mol. The molecule has 10 heavy (non-hydrogen) atoms. The molecule has 0 radical (unpaired) electrons. The van der Waals surface area contributed by atoms with E-state index < -0.39 is 0 Å². The van der Waals surface area contributed by atoms with Gasteiger partial charge in [-0.1, -0.05) is 38.2 Å². The molecule has 0 heterocycles. The van der Waals surface area contributed by atoms with Gasteiger partial charge in [-0.05, 0) is 24.7 Å². The maximum Gasteiger partial charge on any atom is -0.0140 e. The van der Waals surface area contributed by atoms with E-state index in [1.165, 1.54) is 18.4 Å². The van der Waals surface area contributed by atoms with Crippen molar-refractivity contribution >= 4 is 0 Å². The second kappa shape index (κ2) is 2.61. The van der Waals surface area contributed by atoms with Crippen LogP contribution in [0.15, 0.2) is 24.3 Å². The van der Waals surface area contributed by atoms with Crippen molar-refractivity contribution in [1.29, 1.82) is 0 Å². The zero-order valence-electron chi connectivity index (χ0n) is 6.98. The summed E-state index contributed by atoms with van der Waals surface area (Å²) in [6, 6.07) is 0. The Hall–Kier alpha value is -0.520. The van der Waals surface area contributed by atoms with Crippen LogP contribution >= 0.6 is 0 Å². The van der Waals surface area contributed by atoms with E-state index in [1.54, 1.807) is 0 Å². The largest absolute Gasteiger partial charge is 0.0988 e. The molecule has 1 fully saturated rings. The van der Waals surface area contributed by atoms with Crippen LogP contribution in [0.3, 0.4) is 0 Å². The van der Waals surface area contributed by atoms with E-state index in [9.17, 15) is 0 Å². The topological polar surface area (TPSA) is 0 Å². The maximum atomic E-state index is 3.78. The summed E-state index contributed by atoms with van der Waals surface area (Å²) in [5, 5.41) is 0. The van der Waals surface area contributed by atoms with Crippen LogP contribution < -0.4 is 0 Å². The van der Waals surface area contributed by atoms with Crippen molar-refractivity contribution in [1.82, 2.24) is 0 Å². The molecule has 0 heteroatoms. The summed E-state index contributed by atoms with van der Waals surface area (Å²) in [5.41, 5.74) is 1.94. The van der Waals surface area contributed by atoms with E-state index in [0.717, 1.165) is 6.42 Å². The minimum atomic E-state index is 0.541. The summed E-state index contributed by atoms with van der Waals surface area (Å²) >= 11 is 0. The van der Waals surface area contributed by atoms with Crippen molar-refractivity contribution in [3.05, 3.63) is 24.3 Å². The van der Waals surface area contributed by atoms with E-state index in [4.69, 9.17) is 0 Å². The molecule has 56 valence electrons. The smallest absolute Gasteiger partial charge is 0.0140 e. The van der Waals surface area contributed by atoms with E-state index >= 15 is 0 Å². The molecule has 0 nitrogen and oxygen atoms in total. The third-order valence-electron chi connectivity index (χ3n) is 2.24. The first-order chi connectivity index (χ1) is 4.70. The zero-order chi connectivity index (χ0) is 7.61. The second-order valence-corrected chi connectivity index (χ2v) is 3.43. The Morgan fingerprint density at radius 2 is 2.20 bits per heavy atom. The SMILES string of the molecule is C=CC(=CC1(C)CC1)CC. The van der Waals surface area contributed by atoms with Crippen molar-refractivity contribution in [2.45, 2.75) is 33.1 Å². The summed E-state index contributed by atoms with van der Waals surface area (Å²) in [6.45, 7) is 8.27. The fourth-order valence-corrected chi connectivity index (χ4v) is 1.09. The fourth-order valence-electron chi connectivity index (χ4n) is 1.09. The third-order valence-corrected chi connectivity index (χ3v) is 2.24. The van der Waals surface area contributed by atoms with Gasteiger partial charge in [0.25, 0.3) is 0 Å². The summed E-state index contributed by atoms with van der Waals surface area (Å²) in [4.78, 5) is 0. The van der Waals surface area contributed by atoms with Crippen molar-refractivity contribution in [3.8, 4) is 0 Å². The Bertz CT molecular complexity index is 159. The van der Waals surface area contributed by atoms with Crippen molar-refractivity contribution < 1.29 is 0 Å². The van der Waals surface area contributed by atoms with Gasteiger partial charge >= 0.3 is 0 Å². The van der Waals surface area contributed by atoms with Crippen LogP contribution in [0.4, 0.5) is 0 Å². The van der Waals surface area contributed by atoms with Crippen LogP contribution in [0, 0.1) is 5.41 Å². The molecule has 0 atom stereocenters. The first-order valence-corrected chi connectivity index (χ1v) is 4.04. The predicted octanol–water partition coefficient (Wildman–Crippen LogP) is 3.31. The van der Waals surface area contributed by atoms with Gasteiger partial charge < -0.3 is 0 Å². The van der Waals surface area contributed by atoms with Gasteiger partial charge in [-0.15, -0.1) is 0 Å². The van der Waals surface area contributed by atoms with Gasteiger partial charge in [0.15, 0.2) is 0 Å². The fraction of sp³-hybridized carbons (Fsp3) is 0.600. The van der Waals surface area contributed by atoms with Crippen LogP contribution in [-0.2, 0) is 0 Å². The normalized spacial score (nSPS) is 22.4. The van der Waals surface area contributed by atoms with Gasteiger partial charge in [-0.2, -0.15) is 0 Å². The predicted molar refractivity (Wildman–Crippen MR) is 45.9 cm³/mol. The molecule has 0 bridgehead atoms. The van der Waals surface area contributed by atoms with Crippen molar-refractivity contribution in [3.63, 3.8) is 0 Å². The second-order valence-electron chi connectivity index (χ2n) is 3.43. The zero-order valence-corrected chi connectivity index (χ0v) is 6.98. The monoisotopic (exact) mass is 136 g/mol. The lowest BCUT2D eigenvalue weighted by Gasteiger charge is -2.02. The van der Waals surface area contributed by atoms with Gasteiger partial charge in [0.05, 0.1) is 0 Å². The minimum absolute atomic E-state index is 0.541. The third kappa shape index (κ3) is 1.73. The molecule has 0 aromatic heterocycles. The molecular weight excluding hydrogens is 120 g/mol. The van der Waals surface area contributed by atoms with Crippen LogP contribution in [-0.4, -0.2) is 0 Å². The molecule has 0 spiro atoms. The Morgan fingerprint density at radius 3 is 2.50 bits per heavy atom. The highest BCUT2D eigenvalue weighted by Gasteiger charge is 2.34. The molecule has 0 aromatic rings. The van der Waals surface area contributed by atoms with Crippen LogP contribution in [0.5, 0.6) is 0 Å². The Labute approximate surface area is 63.6 Å². The average Bonchev–Trinajstić information content (AvgIpc) is 2.64. The van der Waals surface area contributed by atoms with E-state index in [1.807, 2.05) is 6.08 Å². The lowest BCUT2D eigenvalue weighted by molar-refractivity contribution is 0.738. The lowest BCUT2D eigenvalue weighted by Crippen LogP contribution is -1.87. The van der Waals surface area contributed by atoms with Crippen LogP contribution in [0.25, 0.3) is 0 Å². The maximum absolute atomic E-state index is 3.78. The molecule has 1 aliphatic carbocycles. The summed E-state index contributed by atoms with van der Waals surface area (Å²) in [6.07, 6.45) is 8.21. The number of hydrogen-bond donors (Lipinski definition) is 0. The van der Waals surface area contributed by atoms with Crippen LogP contribution in [0.1, 0.15) is 33.1 Å². The quantitative estimate of drug-likeness (QED) is 0.522. The molecule has 1 aliphatic rings. The summed E-state index contributed by atoms with van der Waals surface area (Å²) in [7, 11) is 0. The van der Waals surface area contributed by atoms with Crippen molar-refractivity contribution in [2.75, 3.05) is 0 Å². The molecule has 0 N–H and O–H groups in total. The van der Waals surface area contributed by atoms with Gasteiger partial charge in [-0.3, -0.25) is 0 Å². The molecule has 0 unspecified atom stereocenters. The first-order valence-electron chi connectivity index (χ1n) is 4.04. The number of rotatable bonds is 3. The Kier molecular flexibility index (Phi) is 1.98. The number of hydrogen-bond acceptors (Lipinski definition) is 0. The van der Waals surface area contributed by atoms with Gasteiger partial charge in [-0.25, -0.2) is 0 Å². The van der Waals surface area contributed by atoms with Crippen LogP contribution in [0.2, 0.25) is 0 Å². The molecule has 1 rings (SSSR count). The first kappa shape index (κ1) is 7.59. The van der Waals surface area contributed by atoms with Gasteiger partial charge in [0, 0.05) is 0 Å². The van der Waals surface area contributed by atoms with E-state index in [-0.39, 0.29) is 0 Å². The molecule has 0 saturated heterocycles. The molecular formula is C10H16. The highest BCUT2D eigenvalue weighted by atomic mass is 14.4. The molecule has 1 saturated carbocycles.